The van der Waals surface area contributed by atoms with Crippen molar-refractivity contribution in [2.24, 2.45) is 0 Å². The molecule has 1 aromatic heterocycles. The molecule has 2 aromatic carbocycles. The van der Waals surface area contributed by atoms with Crippen molar-refractivity contribution >= 4 is 5.82 Å². The molecule has 1 saturated heterocycles. The Bertz CT molecular complexity index is 943. The lowest BCUT2D eigenvalue weighted by atomic mass is 9.98. The van der Waals surface area contributed by atoms with Gasteiger partial charge in [0.05, 0.1) is 5.69 Å². The Morgan fingerprint density at radius 1 is 0.885 bits per heavy atom. The van der Waals surface area contributed by atoms with Crippen molar-refractivity contribution in [3.63, 3.8) is 0 Å². The highest BCUT2D eigenvalue weighted by Crippen LogP contribution is 2.35. The molecule has 3 heteroatoms. The third kappa shape index (κ3) is 3.17. The molecule has 0 amide bonds. The van der Waals surface area contributed by atoms with Gasteiger partial charge in [-0.25, -0.2) is 4.98 Å². The Morgan fingerprint density at radius 3 is 2.42 bits per heavy atom. The first-order chi connectivity index (χ1) is 12.6. The Hall–Kier alpha value is -2.81. The number of nitrogens with zero attached hydrogens (tertiary/aromatic N) is 2. The van der Waals surface area contributed by atoms with Gasteiger partial charge < -0.3 is 10.0 Å². The fraction of sp³-hybridized carbons (Fsp3) is 0.261. The zero-order valence-corrected chi connectivity index (χ0v) is 15.4. The van der Waals surface area contributed by atoms with Crippen molar-refractivity contribution in [1.29, 1.82) is 0 Å². The highest BCUT2D eigenvalue weighted by Gasteiger charge is 2.17. The van der Waals surface area contributed by atoms with E-state index >= 15 is 0 Å². The fourth-order valence-corrected chi connectivity index (χ4v) is 3.67. The van der Waals surface area contributed by atoms with Gasteiger partial charge >= 0.3 is 0 Å². The number of hydrogen-bond donors (Lipinski definition) is 1. The van der Waals surface area contributed by atoms with Crippen LogP contribution in [0, 0.1) is 13.8 Å². The van der Waals surface area contributed by atoms with Crippen LogP contribution in [0.15, 0.2) is 54.6 Å². The lowest BCUT2D eigenvalue weighted by molar-refractivity contribution is 0.477. The summed E-state index contributed by atoms with van der Waals surface area (Å²) in [4.78, 5) is 7.25. The minimum absolute atomic E-state index is 0.275. The van der Waals surface area contributed by atoms with Crippen LogP contribution in [0.25, 0.3) is 22.4 Å². The lowest BCUT2D eigenvalue weighted by Crippen LogP contribution is -2.19. The third-order valence-corrected chi connectivity index (χ3v) is 5.13. The molecule has 3 aromatic rings. The summed E-state index contributed by atoms with van der Waals surface area (Å²) in [6.07, 6.45) is 2.42. The predicted molar refractivity (Wildman–Crippen MR) is 108 cm³/mol. The fourth-order valence-electron chi connectivity index (χ4n) is 3.67. The van der Waals surface area contributed by atoms with Crippen LogP contribution in [-0.2, 0) is 0 Å². The molecule has 1 N–H and O–H groups in total. The Kier molecular flexibility index (Phi) is 4.37. The number of hydrogen-bond acceptors (Lipinski definition) is 3. The second-order valence-corrected chi connectivity index (χ2v) is 7.13. The molecule has 0 radical (unpaired) electrons. The number of benzene rings is 2. The number of aromatic hydroxyl groups is 1. The smallest absolute Gasteiger partial charge is 0.129 e. The third-order valence-electron chi connectivity index (χ3n) is 5.13. The summed E-state index contributed by atoms with van der Waals surface area (Å²) in [5, 5.41) is 10.4. The number of pyridine rings is 1. The van der Waals surface area contributed by atoms with Gasteiger partial charge in [0.2, 0.25) is 0 Å². The molecule has 0 spiro atoms. The van der Waals surface area contributed by atoms with Gasteiger partial charge in [-0.2, -0.15) is 0 Å². The summed E-state index contributed by atoms with van der Waals surface area (Å²) in [5.41, 5.74) is 6.34. The average molecular weight is 344 g/mol. The molecule has 0 saturated carbocycles. The van der Waals surface area contributed by atoms with Gasteiger partial charge in [-0.15, -0.1) is 0 Å². The Balaban J connectivity index is 1.91. The van der Waals surface area contributed by atoms with Gasteiger partial charge in [-0.05, 0) is 67.6 Å². The van der Waals surface area contributed by atoms with Crippen LogP contribution in [0.5, 0.6) is 5.75 Å². The molecule has 0 bridgehead atoms. The maximum Gasteiger partial charge on any atom is 0.129 e. The summed E-state index contributed by atoms with van der Waals surface area (Å²) < 4.78 is 0. The zero-order valence-electron chi connectivity index (χ0n) is 15.4. The number of aromatic nitrogens is 1. The van der Waals surface area contributed by atoms with E-state index in [1.54, 1.807) is 6.07 Å². The van der Waals surface area contributed by atoms with Crippen LogP contribution in [0.3, 0.4) is 0 Å². The molecule has 0 aliphatic carbocycles. The SMILES string of the molecule is Cc1ccc(O)c(-c2cc(-c3ccccc3C)cc(N3CCCC3)n2)c1. The Labute approximate surface area is 155 Å². The van der Waals surface area contributed by atoms with Crippen molar-refractivity contribution < 1.29 is 5.11 Å². The molecule has 1 aliphatic heterocycles. The van der Waals surface area contributed by atoms with E-state index in [9.17, 15) is 5.11 Å². The summed E-state index contributed by atoms with van der Waals surface area (Å²) in [7, 11) is 0. The first kappa shape index (κ1) is 16.6. The summed E-state index contributed by atoms with van der Waals surface area (Å²) in [5.74, 6) is 1.27. The van der Waals surface area contributed by atoms with E-state index in [1.807, 2.05) is 19.1 Å². The highest BCUT2D eigenvalue weighted by molar-refractivity contribution is 5.78. The minimum Gasteiger partial charge on any atom is -0.507 e. The predicted octanol–water partition coefficient (Wildman–Crippen LogP) is 5.34. The first-order valence-corrected chi connectivity index (χ1v) is 9.25. The van der Waals surface area contributed by atoms with Gasteiger partial charge in [-0.1, -0.05) is 35.9 Å². The molecule has 132 valence electrons. The van der Waals surface area contributed by atoms with Crippen LogP contribution >= 0.6 is 0 Å². The number of aryl methyl sites for hydroxylation is 2. The quantitative estimate of drug-likeness (QED) is 0.697. The maximum absolute atomic E-state index is 10.4. The average Bonchev–Trinajstić information content (AvgIpc) is 3.18. The monoisotopic (exact) mass is 344 g/mol. The molecule has 0 atom stereocenters. The van der Waals surface area contributed by atoms with Gasteiger partial charge in [0.15, 0.2) is 0 Å². The van der Waals surface area contributed by atoms with Crippen molar-refractivity contribution in [2.45, 2.75) is 26.7 Å². The maximum atomic E-state index is 10.4. The van der Waals surface area contributed by atoms with Crippen molar-refractivity contribution in [2.75, 3.05) is 18.0 Å². The van der Waals surface area contributed by atoms with Crippen molar-refractivity contribution in [1.82, 2.24) is 4.98 Å². The van der Waals surface area contributed by atoms with E-state index in [1.165, 1.54) is 24.0 Å². The van der Waals surface area contributed by atoms with Gasteiger partial charge in [0.1, 0.15) is 11.6 Å². The summed E-state index contributed by atoms with van der Waals surface area (Å²) in [6.45, 7) is 6.26. The van der Waals surface area contributed by atoms with E-state index in [0.717, 1.165) is 41.3 Å². The largest absolute Gasteiger partial charge is 0.507 e. The van der Waals surface area contributed by atoms with E-state index in [2.05, 4.69) is 48.2 Å². The normalized spacial score (nSPS) is 14.0. The molecule has 26 heavy (non-hydrogen) atoms. The Morgan fingerprint density at radius 2 is 1.65 bits per heavy atom. The molecule has 4 rings (SSSR count). The molecule has 2 heterocycles. The van der Waals surface area contributed by atoms with Crippen LogP contribution in [0.4, 0.5) is 5.82 Å². The molecular weight excluding hydrogens is 320 g/mol. The van der Waals surface area contributed by atoms with Crippen LogP contribution in [-0.4, -0.2) is 23.2 Å². The van der Waals surface area contributed by atoms with E-state index in [-0.39, 0.29) is 5.75 Å². The first-order valence-electron chi connectivity index (χ1n) is 9.25. The van der Waals surface area contributed by atoms with Crippen LogP contribution in [0.1, 0.15) is 24.0 Å². The van der Waals surface area contributed by atoms with Gasteiger partial charge in [-0.3, -0.25) is 0 Å². The molecule has 0 unspecified atom stereocenters. The second kappa shape index (κ2) is 6.83. The van der Waals surface area contributed by atoms with Crippen LogP contribution in [0.2, 0.25) is 0 Å². The topological polar surface area (TPSA) is 36.4 Å². The lowest BCUT2D eigenvalue weighted by Gasteiger charge is -2.19. The standard InChI is InChI=1S/C23H24N2O/c1-16-9-10-22(26)20(13-16)21-14-18(19-8-4-3-7-17(19)2)15-23(24-21)25-11-5-6-12-25/h3-4,7-10,13-15,26H,5-6,11-12H2,1-2H3. The van der Waals surface area contributed by atoms with Crippen LogP contribution < -0.4 is 4.90 Å². The summed E-state index contributed by atoms with van der Waals surface area (Å²) >= 11 is 0. The number of rotatable bonds is 3. The van der Waals surface area contributed by atoms with Crippen molar-refractivity contribution in [3.05, 3.63) is 65.7 Å². The van der Waals surface area contributed by atoms with E-state index in [4.69, 9.17) is 4.98 Å². The number of phenols is 1. The number of anilines is 1. The molecule has 3 nitrogen and oxygen atoms in total. The molecule has 1 aliphatic rings. The van der Waals surface area contributed by atoms with E-state index in [0.29, 0.717) is 0 Å². The zero-order chi connectivity index (χ0) is 18.1. The second-order valence-electron chi connectivity index (χ2n) is 7.13. The highest BCUT2D eigenvalue weighted by atomic mass is 16.3. The minimum atomic E-state index is 0.275. The van der Waals surface area contributed by atoms with Gasteiger partial charge in [0.25, 0.3) is 0 Å². The summed E-state index contributed by atoms with van der Waals surface area (Å²) in [6, 6.07) is 18.4. The number of phenolic OH excluding ortho intramolecular Hbond substituents is 1. The molecule has 1 fully saturated rings. The van der Waals surface area contributed by atoms with Gasteiger partial charge in [0, 0.05) is 18.7 Å². The van der Waals surface area contributed by atoms with E-state index < -0.39 is 0 Å². The van der Waals surface area contributed by atoms with Crippen molar-refractivity contribution in [3.8, 4) is 28.1 Å². The molecular formula is C23H24N2O.